The predicted molar refractivity (Wildman–Crippen MR) is 28.8 cm³/mol. The van der Waals surface area contributed by atoms with Gasteiger partial charge in [0.2, 0.25) is 5.78 Å². The smallest absolute Gasteiger partial charge is 0.291 e. The van der Waals surface area contributed by atoms with Crippen LogP contribution in [0, 0.1) is 0 Å². The molecule has 0 aromatic heterocycles. The van der Waals surface area contributed by atoms with Crippen LogP contribution in [0.3, 0.4) is 0 Å². The summed E-state index contributed by atoms with van der Waals surface area (Å²) in [7, 11) is 0. The standard InChI is InChI=1S/C6H6O4/c7-4-2-1-3-6(5(4)8)9-10-6/h1-3H2. The van der Waals surface area contributed by atoms with Gasteiger partial charge < -0.3 is 0 Å². The van der Waals surface area contributed by atoms with Gasteiger partial charge in [0.25, 0.3) is 11.6 Å². The first-order valence-corrected chi connectivity index (χ1v) is 3.19. The van der Waals surface area contributed by atoms with Crippen LogP contribution >= 0.6 is 0 Å². The van der Waals surface area contributed by atoms with Crippen molar-refractivity contribution in [1.29, 1.82) is 0 Å². The molecule has 54 valence electrons. The molecule has 4 heteroatoms. The minimum atomic E-state index is -1.13. The molecule has 0 aromatic carbocycles. The summed E-state index contributed by atoms with van der Waals surface area (Å²) in [5.41, 5.74) is 0. The number of hydrogen-bond acceptors (Lipinski definition) is 4. The molecule has 1 aliphatic heterocycles. The zero-order chi connectivity index (χ0) is 7.19. The van der Waals surface area contributed by atoms with Gasteiger partial charge in [-0.05, 0) is 6.42 Å². The SMILES string of the molecule is O=C1CCCC2(OO2)C1=O. The maximum Gasteiger partial charge on any atom is 0.298 e. The van der Waals surface area contributed by atoms with Gasteiger partial charge in [-0.25, -0.2) is 0 Å². The van der Waals surface area contributed by atoms with Crippen molar-refractivity contribution < 1.29 is 19.4 Å². The molecule has 0 aromatic rings. The third-order valence-corrected chi connectivity index (χ3v) is 1.79. The molecule has 2 fully saturated rings. The van der Waals surface area contributed by atoms with Gasteiger partial charge in [-0.3, -0.25) is 9.59 Å². The molecule has 1 heterocycles. The minimum Gasteiger partial charge on any atom is -0.291 e. The fraction of sp³-hybridized carbons (Fsp3) is 0.667. The van der Waals surface area contributed by atoms with E-state index in [9.17, 15) is 9.59 Å². The number of carbonyl (C=O) groups is 2. The first-order chi connectivity index (χ1) is 4.75. The largest absolute Gasteiger partial charge is 0.298 e. The molecule has 2 rings (SSSR count). The van der Waals surface area contributed by atoms with Gasteiger partial charge in [0.1, 0.15) is 0 Å². The van der Waals surface area contributed by atoms with Crippen molar-refractivity contribution in [3.05, 3.63) is 0 Å². The second-order valence-electron chi connectivity index (χ2n) is 2.53. The summed E-state index contributed by atoms with van der Waals surface area (Å²) >= 11 is 0. The summed E-state index contributed by atoms with van der Waals surface area (Å²) in [6.07, 6.45) is 1.55. The summed E-state index contributed by atoms with van der Waals surface area (Å²) in [6, 6.07) is 0. The summed E-state index contributed by atoms with van der Waals surface area (Å²) in [4.78, 5) is 30.5. The average Bonchev–Trinajstić information content (AvgIpc) is 2.65. The minimum absolute atomic E-state index is 0.341. The number of rotatable bonds is 0. The monoisotopic (exact) mass is 142 g/mol. The van der Waals surface area contributed by atoms with Crippen LogP contribution in [-0.4, -0.2) is 17.4 Å². The van der Waals surface area contributed by atoms with Crippen molar-refractivity contribution in [3.63, 3.8) is 0 Å². The third kappa shape index (κ3) is 0.629. The third-order valence-electron chi connectivity index (χ3n) is 1.79. The second-order valence-corrected chi connectivity index (χ2v) is 2.53. The highest BCUT2D eigenvalue weighted by Crippen LogP contribution is 2.39. The van der Waals surface area contributed by atoms with Crippen LogP contribution in [0.5, 0.6) is 0 Å². The van der Waals surface area contributed by atoms with E-state index in [0.29, 0.717) is 19.3 Å². The van der Waals surface area contributed by atoms with E-state index >= 15 is 0 Å². The second kappa shape index (κ2) is 1.65. The Morgan fingerprint density at radius 1 is 1.30 bits per heavy atom. The maximum absolute atomic E-state index is 10.9. The van der Waals surface area contributed by atoms with E-state index in [1.54, 1.807) is 0 Å². The zero-order valence-corrected chi connectivity index (χ0v) is 5.25. The lowest BCUT2D eigenvalue weighted by Crippen LogP contribution is -2.35. The Balaban J connectivity index is 2.23. The predicted octanol–water partition coefficient (Wildman–Crippen LogP) is -0.0334. The molecule has 1 saturated carbocycles. The van der Waals surface area contributed by atoms with E-state index < -0.39 is 11.6 Å². The van der Waals surface area contributed by atoms with Crippen LogP contribution in [0.25, 0.3) is 0 Å². The highest BCUT2D eigenvalue weighted by molar-refractivity contribution is 6.40. The number of ketones is 2. The van der Waals surface area contributed by atoms with E-state index in [1.807, 2.05) is 0 Å². The van der Waals surface area contributed by atoms with E-state index in [2.05, 4.69) is 9.78 Å². The average molecular weight is 142 g/mol. The Kier molecular flexibility index (Phi) is 0.988. The van der Waals surface area contributed by atoms with Crippen molar-refractivity contribution >= 4 is 11.6 Å². The first kappa shape index (κ1) is 6.00. The van der Waals surface area contributed by atoms with Gasteiger partial charge in [0.05, 0.1) is 0 Å². The number of hydrogen-bond donors (Lipinski definition) is 0. The fourth-order valence-electron chi connectivity index (χ4n) is 1.13. The van der Waals surface area contributed by atoms with Crippen LogP contribution in [0.15, 0.2) is 0 Å². The van der Waals surface area contributed by atoms with Gasteiger partial charge in [-0.15, -0.1) is 0 Å². The quantitative estimate of drug-likeness (QED) is 0.270. The molecule has 1 spiro atoms. The van der Waals surface area contributed by atoms with E-state index in [0.717, 1.165) is 0 Å². The molecule has 10 heavy (non-hydrogen) atoms. The van der Waals surface area contributed by atoms with Gasteiger partial charge >= 0.3 is 0 Å². The molecule has 1 aliphatic carbocycles. The van der Waals surface area contributed by atoms with Gasteiger partial charge in [-0.1, -0.05) is 0 Å². The molecule has 0 atom stereocenters. The zero-order valence-electron chi connectivity index (χ0n) is 5.25. The van der Waals surface area contributed by atoms with Gasteiger partial charge in [0, 0.05) is 12.8 Å². The van der Waals surface area contributed by atoms with Gasteiger partial charge in [-0.2, -0.15) is 9.78 Å². The Labute approximate surface area is 57.0 Å². The Morgan fingerprint density at radius 3 is 2.50 bits per heavy atom. The van der Waals surface area contributed by atoms with E-state index in [4.69, 9.17) is 0 Å². The highest BCUT2D eigenvalue weighted by Gasteiger charge is 2.59. The summed E-state index contributed by atoms with van der Waals surface area (Å²) in [5, 5.41) is 0. The maximum atomic E-state index is 10.9. The van der Waals surface area contributed by atoms with Crippen molar-refractivity contribution in [2.24, 2.45) is 0 Å². The highest BCUT2D eigenvalue weighted by atomic mass is 17.4. The van der Waals surface area contributed by atoms with Crippen LogP contribution in [-0.2, 0) is 19.4 Å². The van der Waals surface area contributed by atoms with Gasteiger partial charge in [0.15, 0.2) is 0 Å². The molecule has 0 unspecified atom stereocenters. The molecule has 0 radical (unpaired) electrons. The molecule has 4 nitrogen and oxygen atoms in total. The normalized spacial score (nSPS) is 29.2. The van der Waals surface area contributed by atoms with Crippen LogP contribution < -0.4 is 0 Å². The Morgan fingerprint density at radius 2 is 2.00 bits per heavy atom. The van der Waals surface area contributed by atoms with Crippen molar-refractivity contribution in [2.75, 3.05) is 0 Å². The first-order valence-electron chi connectivity index (χ1n) is 3.19. The lowest BCUT2D eigenvalue weighted by molar-refractivity contribution is -0.142. The Hall–Kier alpha value is -0.740. The number of carbonyl (C=O) groups excluding carboxylic acids is 2. The van der Waals surface area contributed by atoms with Crippen LogP contribution in [0.2, 0.25) is 0 Å². The van der Waals surface area contributed by atoms with E-state index in [1.165, 1.54) is 0 Å². The molecule has 0 bridgehead atoms. The van der Waals surface area contributed by atoms with Crippen molar-refractivity contribution in [1.82, 2.24) is 0 Å². The van der Waals surface area contributed by atoms with Crippen molar-refractivity contribution in [2.45, 2.75) is 25.0 Å². The molecular formula is C6H6O4. The van der Waals surface area contributed by atoms with Crippen LogP contribution in [0.4, 0.5) is 0 Å². The lowest BCUT2D eigenvalue weighted by atomic mass is 9.93. The fourth-order valence-corrected chi connectivity index (χ4v) is 1.13. The van der Waals surface area contributed by atoms with E-state index in [-0.39, 0.29) is 5.78 Å². The summed E-state index contributed by atoms with van der Waals surface area (Å²) in [5.74, 6) is -2.02. The Bertz CT molecular complexity index is 204. The summed E-state index contributed by atoms with van der Waals surface area (Å²) in [6.45, 7) is 0. The molecule has 0 N–H and O–H groups in total. The van der Waals surface area contributed by atoms with Crippen LogP contribution in [0.1, 0.15) is 19.3 Å². The van der Waals surface area contributed by atoms with Crippen molar-refractivity contribution in [3.8, 4) is 0 Å². The summed E-state index contributed by atoms with van der Waals surface area (Å²) < 4.78 is 0. The number of Topliss-reactive ketones (excluding diaryl/α,β-unsaturated/α-hetero) is 2. The molecule has 1 saturated heterocycles. The molecular weight excluding hydrogens is 136 g/mol. The molecule has 2 aliphatic rings. The lowest BCUT2D eigenvalue weighted by Gasteiger charge is -2.09. The topological polar surface area (TPSA) is 59.2 Å². The molecule has 0 amide bonds.